The van der Waals surface area contributed by atoms with Gasteiger partial charge in [0.05, 0.1) is 25.6 Å². The summed E-state index contributed by atoms with van der Waals surface area (Å²) in [6.45, 7) is 5.83. The van der Waals surface area contributed by atoms with Gasteiger partial charge in [0.1, 0.15) is 24.2 Å². The van der Waals surface area contributed by atoms with E-state index in [-0.39, 0.29) is 31.9 Å². The number of carbonyl (C=O) groups is 1. The van der Waals surface area contributed by atoms with Gasteiger partial charge in [-0.1, -0.05) is 30.2 Å². The van der Waals surface area contributed by atoms with E-state index in [2.05, 4.69) is 60.5 Å². The minimum atomic E-state index is -0.860. The summed E-state index contributed by atoms with van der Waals surface area (Å²) >= 11 is 1.75. The van der Waals surface area contributed by atoms with Gasteiger partial charge in [0, 0.05) is 28.5 Å². The first-order chi connectivity index (χ1) is 19.0. The molecular formula is C33H34O5S2. The molecule has 0 radical (unpaired) electrons. The number of aryl methyl sites for hydroxylation is 1. The minimum Gasteiger partial charge on any atom is -0.490 e. The highest BCUT2D eigenvalue weighted by Crippen LogP contribution is 2.37. The van der Waals surface area contributed by atoms with E-state index in [0.29, 0.717) is 6.61 Å². The highest BCUT2D eigenvalue weighted by Gasteiger charge is 2.17. The van der Waals surface area contributed by atoms with Crippen LogP contribution in [0.4, 0.5) is 0 Å². The fraction of sp³-hybridized carbons (Fsp3) is 0.303. The first kappa shape index (κ1) is 29.5. The van der Waals surface area contributed by atoms with Gasteiger partial charge in [-0.25, -0.2) is 0 Å². The molecule has 7 heteroatoms. The van der Waals surface area contributed by atoms with Crippen LogP contribution in [0.2, 0.25) is 0 Å². The second-order valence-electron chi connectivity index (χ2n) is 9.79. The van der Waals surface area contributed by atoms with Crippen molar-refractivity contribution in [3.05, 3.63) is 82.7 Å². The van der Waals surface area contributed by atoms with Crippen molar-refractivity contribution in [3.8, 4) is 34.5 Å². The molecule has 0 amide bonds. The van der Waals surface area contributed by atoms with E-state index < -0.39 is 5.97 Å². The molecule has 5 rings (SSSR count). The molecule has 0 spiro atoms. The zero-order chi connectivity index (χ0) is 27.2. The van der Waals surface area contributed by atoms with Crippen molar-refractivity contribution >= 4 is 40.9 Å². The summed E-state index contributed by atoms with van der Waals surface area (Å²) in [5, 5.41) is 12.6. The monoisotopic (exact) mass is 574 g/mol. The maximum atomic E-state index is 11.2. The van der Waals surface area contributed by atoms with Gasteiger partial charge in [0.2, 0.25) is 0 Å². The molecule has 1 saturated heterocycles. The topological polar surface area (TPSA) is 65.0 Å². The van der Waals surface area contributed by atoms with Crippen LogP contribution >= 0.6 is 24.8 Å². The highest BCUT2D eigenvalue weighted by atomic mass is 32.1. The number of hydrogen-bond donors (Lipinski definition) is 1. The summed E-state index contributed by atoms with van der Waals surface area (Å²) in [7, 11) is 0. The average Bonchev–Trinajstić information content (AvgIpc) is 3.35. The molecule has 5 nitrogen and oxygen atoms in total. The lowest BCUT2D eigenvalue weighted by atomic mass is 9.96. The molecule has 1 aliphatic heterocycles. The van der Waals surface area contributed by atoms with E-state index in [9.17, 15) is 9.90 Å². The molecule has 1 aliphatic rings. The second-order valence-corrected chi connectivity index (χ2v) is 10.7. The molecule has 1 aromatic heterocycles. The molecule has 1 N–H and O–H groups in total. The Morgan fingerprint density at radius 3 is 2.50 bits per heavy atom. The number of aliphatic carboxylic acids is 1. The van der Waals surface area contributed by atoms with Gasteiger partial charge >= 0.3 is 5.97 Å². The third-order valence-electron chi connectivity index (χ3n) is 6.98. The lowest BCUT2D eigenvalue weighted by molar-refractivity contribution is -0.137. The van der Waals surface area contributed by atoms with Crippen molar-refractivity contribution in [2.45, 2.75) is 51.7 Å². The van der Waals surface area contributed by atoms with Crippen molar-refractivity contribution < 1.29 is 24.1 Å². The van der Waals surface area contributed by atoms with Crippen molar-refractivity contribution in [1.29, 1.82) is 0 Å². The van der Waals surface area contributed by atoms with E-state index in [4.69, 9.17) is 14.2 Å². The van der Waals surface area contributed by atoms with Crippen molar-refractivity contribution in [2.24, 2.45) is 0 Å². The molecule has 0 bridgehead atoms. The van der Waals surface area contributed by atoms with Crippen LogP contribution in [0.5, 0.6) is 11.5 Å². The number of thiophene rings is 1. The Kier molecular flexibility index (Phi) is 10.2. The highest BCUT2D eigenvalue weighted by molar-refractivity contribution is 7.59. The van der Waals surface area contributed by atoms with Gasteiger partial charge in [-0.05, 0) is 77.9 Å². The van der Waals surface area contributed by atoms with E-state index in [1.54, 1.807) is 18.3 Å². The normalized spacial score (nSPS) is 14.1. The Hall–Kier alpha value is -3.44. The summed E-state index contributed by atoms with van der Waals surface area (Å²) in [6.07, 6.45) is 2.07. The third kappa shape index (κ3) is 7.19. The molecular weight excluding hydrogens is 540 g/mol. The van der Waals surface area contributed by atoms with Crippen LogP contribution in [0.25, 0.3) is 21.2 Å². The summed E-state index contributed by atoms with van der Waals surface area (Å²) < 4.78 is 19.0. The molecule has 1 fully saturated rings. The zero-order valence-electron chi connectivity index (χ0n) is 22.7. The van der Waals surface area contributed by atoms with Gasteiger partial charge in [0.15, 0.2) is 0 Å². The Morgan fingerprint density at radius 1 is 1.05 bits per heavy atom. The fourth-order valence-corrected chi connectivity index (χ4v) is 5.88. The minimum absolute atomic E-state index is 0. The lowest BCUT2D eigenvalue weighted by Gasteiger charge is -2.23. The molecule has 4 aromatic rings. The lowest BCUT2D eigenvalue weighted by Crippen LogP contribution is -2.25. The predicted molar refractivity (Wildman–Crippen MR) is 166 cm³/mol. The van der Waals surface area contributed by atoms with Crippen LogP contribution in [0.3, 0.4) is 0 Å². The van der Waals surface area contributed by atoms with Crippen LogP contribution in [0.15, 0.2) is 66.0 Å². The van der Waals surface area contributed by atoms with Crippen LogP contribution in [-0.4, -0.2) is 30.4 Å². The van der Waals surface area contributed by atoms with Crippen LogP contribution in [0, 0.1) is 18.8 Å². The smallest absolute Gasteiger partial charge is 0.304 e. The quantitative estimate of drug-likeness (QED) is 0.208. The van der Waals surface area contributed by atoms with Crippen LogP contribution in [0.1, 0.15) is 48.8 Å². The van der Waals surface area contributed by atoms with Crippen molar-refractivity contribution in [3.63, 3.8) is 0 Å². The number of ether oxygens (including phenoxy) is 3. The van der Waals surface area contributed by atoms with E-state index in [0.717, 1.165) is 48.7 Å². The first-order valence-electron chi connectivity index (χ1n) is 13.2. The molecule has 40 heavy (non-hydrogen) atoms. The summed E-state index contributed by atoms with van der Waals surface area (Å²) in [6, 6.07) is 20.4. The van der Waals surface area contributed by atoms with E-state index in [1.807, 2.05) is 24.3 Å². The number of benzene rings is 3. The molecule has 3 aromatic carbocycles. The SMILES string of the molecule is CC#C[C@@H](CC(=O)O)c1ccc(OCc2ccc3scc(-c4ccc(OC5CCOCC5)cc4C)c3c2)cc1.S. The maximum absolute atomic E-state index is 11.2. The molecule has 0 aliphatic carbocycles. The Bertz CT molecular complexity index is 1510. The van der Waals surface area contributed by atoms with Gasteiger partial charge in [0.25, 0.3) is 0 Å². The second kappa shape index (κ2) is 13.8. The van der Waals surface area contributed by atoms with Crippen molar-refractivity contribution in [1.82, 2.24) is 0 Å². The van der Waals surface area contributed by atoms with Crippen molar-refractivity contribution in [2.75, 3.05) is 13.2 Å². The summed E-state index contributed by atoms with van der Waals surface area (Å²) in [5.41, 5.74) is 5.58. The fourth-order valence-electron chi connectivity index (χ4n) is 4.94. The van der Waals surface area contributed by atoms with Crippen LogP contribution in [-0.2, 0) is 16.1 Å². The molecule has 0 saturated carbocycles. The zero-order valence-corrected chi connectivity index (χ0v) is 24.6. The van der Waals surface area contributed by atoms with Gasteiger partial charge in [-0.2, -0.15) is 13.5 Å². The molecule has 2 heterocycles. The molecule has 1 atom stereocenters. The number of carboxylic acid groups (broad SMARTS) is 1. The molecule has 208 valence electrons. The maximum Gasteiger partial charge on any atom is 0.304 e. The Balaban J connectivity index is 0.00000370. The Labute approximate surface area is 246 Å². The summed E-state index contributed by atoms with van der Waals surface area (Å²) in [4.78, 5) is 11.2. The number of carboxylic acids is 1. The number of rotatable bonds is 9. The third-order valence-corrected chi connectivity index (χ3v) is 7.95. The standard InChI is InChI=1S/C33H32O5S.H2S/c1-3-4-25(19-33(34)35)24-6-8-26(9-7-24)37-20-23-5-12-32-30(18-23)31(21-39-32)29-11-10-28(17-22(29)2)38-27-13-15-36-16-14-27;/h5-12,17-18,21,25,27H,13-16,19-20H2,1-2H3,(H,34,35);1H2/t25-;/m0./s1. The largest absolute Gasteiger partial charge is 0.490 e. The number of fused-ring (bicyclic) bond motifs is 1. The predicted octanol–water partition coefficient (Wildman–Crippen LogP) is 7.71. The average molecular weight is 575 g/mol. The van der Waals surface area contributed by atoms with Crippen LogP contribution < -0.4 is 9.47 Å². The van der Waals surface area contributed by atoms with E-state index >= 15 is 0 Å². The van der Waals surface area contributed by atoms with E-state index in [1.165, 1.54) is 26.8 Å². The van der Waals surface area contributed by atoms with Gasteiger partial charge in [-0.15, -0.1) is 17.3 Å². The Morgan fingerprint density at radius 2 is 1.80 bits per heavy atom. The summed E-state index contributed by atoms with van der Waals surface area (Å²) in [5.74, 6) is 6.28. The number of hydrogen-bond acceptors (Lipinski definition) is 5. The van der Waals surface area contributed by atoms with Gasteiger partial charge < -0.3 is 19.3 Å². The molecule has 0 unspecified atom stereocenters. The first-order valence-corrected chi connectivity index (χ1v) is 14.1. The van der Waals surface area contributed by atoms with Gasteiger partial charge in [-0.3, -0.25) is 4.79 Å².